The van der Waals surface area contributed by atoms with Crippen LogP contribution in [0.3, 0.4) is 0 Å². The molecular formula is C22H26FNO2. The van der Waals surface area contributed by atoms with Crippen LogP contribution in [0.15, 0.2) is 48.5 Å². The van der Waals surface area contributed by atoms with E-state index in [0.29, 0.717) is 24.7 Å². The predicted molar refractivity (Wildman–Crippen MR) is 100 cm³/mol. The summed E-state index contributed by atoms with van der Waals surface area (Å²) in [6.45, 7) is 4.18. The van der Waals surface area contributed by atoms with Gasteiger partial charge in [-0.3, -0.25) is 4.79 Å². The first-order valence-electron chi connectivity index (χ1n) is 9.38. The van der Waals surface area contributed by atoms with Crippen LogP contribution in [-0.2, 0) is 17.8 Å². The van der Waals surface area contributed by atoms with Crippen LogP contribution in [0.5, 0.6) is 5.75 Å². The second kappa shape index (κ2) is 8.84. The van der Waals surface area contributed by atoms with E-state index >= 15 is 0 Å². The number of hydrogen-bond acceptors (Lipinski definition) is 2. The summed E-state index contributed by atoms with van der Waals surface area (Å²) in [6, 6.07) is 14.6. The first kappa shape index (κ1) is 18.4. The molecule has 1 fully saturated rings. The van der Waals surface area contributed by atoms with Crippen molar-refractivity contribution in [1.29, 1.82) is 0 Å². The van der Waals surface area contributed by atoms with Crippen LogP contribution in [-0.4, -0.2) is 23.9 Å². The molecule has 3 rings (SSSR count). The van der Waals surface area contributed by atoms with E-state index < -0.39 is 0 Å². The standard InChI is InChI=1S/C22H26FNO2/c1-2-22(25)24-13-11-18(12-14-24)15-17-3-5-19(6-4-17)16-26-21-9-7-20(23)8-10-21/h3-10,18H,2,11-16H2,1H3. The monoisotopic (exact) mass is 355 g/mol. The van der Waals surface area contributed by atoms with Gasteiger partial charge in [-0.05, 0) is 60.6 Å². The van der Waals surface area contributed by atoms with Crippen molar-refractivity contribution in [2.45, 2.75) is 39.2 Å². The molecule has 4 heteroatoms. The molecule has 0 atom stereocenters. The average molecular weight is 355 g/mol. The number of ether oxygens (including phenoxy) is 1. The van der Waals surface area contributed by atoms with Gasteiger partial charge < -0.3 is 9.64 Å². The molecule has 2 aromatic carbocycles. The maximum atomic E-state index is 12.9. The summed E-state index contributed by atoms with van der Waals surface area (Å²) >= 11 is 0. The van der Waals surface area contributed by atoms with Crippen molar-refractivity contribution in [1.82, 2.24) is 4.90 Å². The number of amides is 1. The number of nitrogens with zero attached hydrogens (tertiary/aromatic N) is 1. The molecule has 0 saturated carbocycles. The Bertz CT molecular complexity index is 704. The van der Waals surface area contributed by atoms with Gasteiger partial charge in [-0.2, -0.15) is 0 Å². The van der Waals surface area contributed by atoms with E-state index in [1.807, 2.05) is 11.8 Å². The second-order valence-corrected chi connectivity index (χ2v) is 6.94. The molecule has 0 radical (unpaired) electrons. The van der Waals surface area contributed by atoms with Crippen LogP contribution in [0.1, 0.15) is 37.3 Å². The van der Waals surface area contributed by atoms with E-state index in [-0.39, 0.29) is 11.7 Å². The van der Waals surface area contributed by atoms with Crippen LogP contribution >= 0.6 is 0 Å². The number of carbonyl (C=O) groups excluding carboxylic acids is 1. The third-order valence-electron chi connectivity index (χ3n) is 5.04. The van der Waals surface area contributed by atoms with E-state index in [4.69, 9.17) is 4.74 Å². The fourth-order valence-corrected chi connectivity index (χ4v) is 3.41. The lowest BCUT2D eigenvalue weighted by molar-refractivity contribution is -0.132. The van der Waals surface area contributed by atoms with Gasteiger partial charge in [0.1, 0.15) is 18.2 Å². The fraction of sp³-hybridized carbons (Fsp3) is 0.409. The molecule has 1 heterocycles. The molecule has 26 heavy (non-hydrogen) atoms. The lowest BCUT2D eigenvalue weighted by Crippen LogP contribution is -2.38. The maximum Gasteiger partial charge on any atom is 0.222 e. The quantitative estimate of drug-likeness (QED) is 0.758. The molecule has 0 bridgehead atoms. The van der Waals surface area contributed by atoms with Crippen molar-refractivity contribution in [3.8, 4) is 5.75 Å². The molecular weight excluding hydrogens is 329 g/mol. The van der Waals surface area contributed by atoms with Gasteiger partial charge in [-0.1, -0.05) is 31.2 Å². The van der Waals surface area contributed by atoms with Crippen LogP contribution in [0.25, 0.3) is 0 Å². The Labute approximate surface area is 154 Å². The normalized spacial score (nSPS) is 15.1. The SMILES string of the molecule is CCC(=O)N1CCC(Cc2ccc(COc3ccc(F)cc3)cc2)CC1. The van der Waals surface area contributed by atoms with Gasteiger partial charge in [0, 0.05) is 19.5 Å². The second-order valence-electron chi connectivity index (χ2n) is 6.94. The smallest absolute Gasteiger partial charge is 0.222 e. The summed E-state index contributed by atoms with van der Waals surface area (Å²) in [4.78, 5) is 13.7. The van der Waals surface area contributed by atoms with Crippen molar-refractivity contribution < 1.29 is 13.9 Å². The number of rotatable bonds is 6. The highest BCUT2D eigenvalue weighted by Gasteiger charge is 2.21. The topological polar surface area (TPSA) is 29.5 Å². The lowest BCUT2D eigenvalue weighted by Gasteiger charge is -2.32. The van der Waals surface area contributed by atoms with Crippen LogP contribution < -0.4 is 4.74 Å². The number of piperidine rings is 1. The van der Waals surface area contributed by atoms with Gasteiger partial charge in [0.25, 0.3) is 0 Å². The molecule has 0 N–H and O–H groups in total. The molecule has 138 valence electrons. The zero-order valence-electron chi connectivity index (χ0n) is 15.3. The molecule has 0 unspecified atom stereocenters. The fourth-order valence-electron chi connectivity index (χ4n) is 3.41. The molecule has 0 spiro atoms. The van der Waals surface area contributed by atoms with Crippen molar-refractivity contribution in [2.75, 3.05) is 13.1 Å². The Morgan fingerprint density at radius 2 is 1.65 bits per heavy atom. The number of halogens is 1. The Hall–Kier alpha value is -2.36. The van der Waals surface area contributed by atoms with Gasteiger partial charge in [-0.15, -0.1) is 0 Å². The van der Waals surface area contributed by atoms with Gasteiger partial charge in [0.15, 0.2) is 0 Å². The lowest BCUT2D eigenvalue weighted by atomic mass is 9.90. The summed E-state index contributed by atoms with van der Waals surface area (Å²) < 4.78 is 18.6. The average Bonchev–Trinajstić information content (AvgIpc) is 2.68. The molecule has 1 saturated heterocycles. The van der Waals surface area contributed by atoms with Gasteiger partial charge >= 0.3 is 0 Å². The minimum Gasteiger partial charge on any atom is -0.489 e. The van der Waals surface area contributed by atoms with Crippen molar-refractivity contribution >= 4 is 5.91 Å². The van der Waals surface area contributed by atoms with Gasteiger partial charge in [-0.25, -0.2) is 4.39 Å². The highest BCUT2D eigenvalue weighted by molar-refractivity contribution is 5.75. The summed E-state index contributed by atoms with van der Waals surface area (Å²) in [5.74, 6) is 1.33. The molecule has 0 aromatic heterocycles. The first-order chi connectivity index (χ1) is 12.6. The van der Waals surface area contributed by atoms with E-state index in [1.165, 1.54) is 17.7 Å². The van der Waals surface area contributed by atoms with Crippen LogP contribution in [0, 0.1) is 11.7 Å². The zero-order valence-corrected chi connectivity index (χ0v) is 15.3. The van der Waals surface area contributed by atoms with Crippen molar-refractivity contribution in [3.05, 3.63) is 65.5 Å². The molecule has 0 aliphatic carbocycles. The highest BCUT2D eigenvalue weighted by atomic mass is 19.1. The third-order valence-corrected chi connectivity index (χ3v) is 5.04. The number of carbonyl (C=O) groups is 1. The van der Waals surface area contributed by atoms with Crippen molar-refractivity contribution in [3.63, 3.8) is 0 Å². The zero-order chi connectivity index (χ0) is 18.4. The minimum atomic E-state index is -0.258. The van der Waals surface area contributed by atoms with E-state index in [2.05, 4.69) is 24.3 Å². The molecule has 1 aliphatic heterocycles. The number of likely N-dealkylation sites (tertiary alicyclic amines) is 1. The Morgan fingerprint density at radius 1 is 1.04 bits per heavy atom. The molecule has 2 aromatic rings. The van der Waals surface area contributed by atoms with Gasteiger partial charge in [0.2, 0.25) is 5.91 Å². The Kier molecular flexibility index (Phi) is 6.26. The van der Waals surface area contributed by atoms with E-state index in [1.54, 1.807) is 12.1 Å². The number of hydrogen-bond donors (Lipinski definition) is 0. The predicted octanol–water partition coefficient (Wildman–Crippen LogP) is 4.60. The van der Waals surface area contributed by atoms with E-state index in [0.717, 1.165) is 37.9 Å². The van der Waals surface area contributed by atoms with Gasteiger partial charge in [0.05, 0.1) is 0 Å². The molecule has 3 nitrogen and oxygen atoms in total. The summed E-state index contributed by atoms with van der Waals surface area (Å²) in [5.41, 5.74) is 2.43. The Balaban J connectivity index is 1.46. The third kappa shape index (κ3) is 5.07. The summed E-state index contributed by atoms with van der Waals surface area (Å²) in [7, 11) is 0. The molecule has 1 aliphatic rings. The molecule has 1 amide bonds. The first-order valence-corrected chi connectivity index (χ1v) is 9.38. The maximum absolute atomic E-state index is 12.9. The van der Waals surface area contributed by atoms with E-state index in [9.17, 15) is 9.18 Å². The minimum absolute atomic E-state index is 0.258. The van der Waals surface area contributed by atoms with Crippen molar-refractivity contribution in [2.24, 2.45) is 5.92 Å². The Morgan fingerprint density at radius 3 is 2.27 bits per heavy atom. The summed E-state index contributed by atoms with van der Waals surface area (Å²) in [6.07, 6.45) is 3.84. The van der Waals surface area contributed by atoms with Crippen LogP contribution in [0.2, 0.25) is 0 Å². The largest absolute Gasteiger partial charge is 0.489 e. The van der Waals surface area contributed by atoms with Crippen LogP contribution in [0.4, 0.5) is 4.39 Å². The number of benzene rings is 2. The highest BCUT2D eigenvalue weighted by Crippen LogP contribution is 2.22. The summed E-state index contributed by atoms with van der Waals surface area (Å²) in [5, 5.41) is 0.